The van der Waals surface area contributed by atoms with Gasteiger partial charge in [-0.05, 0) is 11.1 Å². The van der Waals surface area contributed by atoms with Crippen molar-refractivity contribution < 1.29 is 51.5 Å². The van der Waals surface area contributed by atoms with Gasteiger partial charge in [-0.1, -0.05) is 0 Å². The van der Waals surface area contributed by atoms with Gasteiger partial charge in [0.15, 0.2) is 0 Å². The van der Waals surface area contributed by atoms with Gasteiger partial charge in [0.25, 0.3) is 6.43 Å². The van der Waals surface area contributed by atoms with Gasteiger partial charge in [-0.3, -0.25) is 4.21 Å². The van der Waals surface area contributed by atoms with E-state index in [0.717, 1.165) is 0 Å². The first-order chi connectivity index (χ1) is 3.55. The van der Waals surface area contributed by atoms with Crippen LogP contribution in [0.3, 0.4) is 0 Å². The van der Waals surface area contributed by atoms with E-state index in [2.05, 4.69) is 0 Å². The Hall–Kier alpha value is 0.900. The Morgan fingerprint density at radius 2 is 1.67 bits per heavy atom. The van der Waals surface area contributed by atoms with Crippen LogP contribution in [-0.2, 0) is 11.1 Å². The van der Waals surface area contributed by atoms with Gasteiger partial charge in [0, 0.05) is 0 Å². The smallest absolute Gasteiger partial charge is 0.770 e. The minimum atomic E-state index is -3.44. The van der Waals surface area contributed by atoms with Gasteiger partial charge in [-0.2, -0.15) is 0 Å². The fourth-order valence-corrected chi connectivity index (χ4v) is 0.252. The summed E-state index contributed by atoms with van der Waals surface area (Å²) in [5.41, 5.74) is -3.05. The van der Waals surface area contributed by atoms with Crippen LogP contribution >= 0.6 is 0 Å². The maximum absolute atomic E-state index is 11.3. The van der Waals surface area contributed by atoms with E-state index in [-0.39, 0.29) is 29.6 Å². The molecule has 50 valence electrons. The Labute approximate surface area is 74.4 Å². The molecule has 2 unspecified atom stereocenters. The molecule has 0 heterocycles. The molecule has 0 aliphatic heterocycles. The molecule has 0 saturated heterocycles. The van der Waals surface area contributed by atoms with Crippen LogP contribution in [0, 0.1) is 0 Å². The molecule has 9 heavy (non-hydrogen) atoms. The van der Waals surface area contributed by atoms with Crippen LogP contribution in [0.5, 0.6) is 0 Å². The van der Waals surface area contributed by atoms with Gasteiger partial charge in [0.1, 0.15) is 0 Å². The van der Waals surface area contributed by atoms with E-state index in [9.17, 15) is 21.9 Å². The molecule has 0 amide bonds. The molecule has 0 saturated carbocycles. The molecule has 0 spiro atoms. The van der Waals surface area contributed by atoms with E-state index in [0.29, 0.717) is 0 Å². The predicted octanol–water partition coefficient (Wildman–Crippen LogP) is -2.57. The Bertz CT molecular complexity index is 99.8. The standard InChI is InChI=1S/C2H3F3O2S.Na/c3-1(4)2(5)8(6)7;/h1-2H,(H,6,7);/q;+1/p-1. The van der Waals surface area contributed by atoms with Crippen molar-refractivity contribution in [3.8, 4) is 0 Å². The third-order valence-corrected chi connectivity index (χ3v) is 0.955. The summed E-state index contributed by atoms with van der Waals surface area (Å²) in [6.45, 7) is 0. The number of hydrogen-bond donors (Lipinski definition) is 0. The number of halogens is 3. The van der Waals surface area contributed by atoms with Crippen molar-refractivity contribution in [3.63, 3.8) is 0 Å². The van der Waals surface area contributed by atoms with Crippen LogP contribution in [0.15, 0.2) is 0 Å². The Morgan fingerprint density at radius 3 is 1.67 bits per heavy atom. The predicted molar refractivity (Wildman–Crippen MR) is 19.8 cm³/mol. The van der Waals surface area contributed by atoms with Crippen molar-refractivity contribution in [1.82, 2.24) is 0 Å². The summed E-state index contributed by atoms with van der Waals surface area (Å²) >= 11 is -3.31. The molecule has 0 N–H and O–H groups in total. The molecule has 0 bridgehead atoms. The van der Waals surface area contributed by atoms with E-state index < -0.39 is 23.0 Å². The van der Waals surface area contributed by atoms with Crippen molar-refractivity contribution >= 4 is 11.1 Å². The molecule has 2 nitrogen and oxygen atoms in total. The first kappa shape index (κ1) is 12.6. The monoisotopic (exact) mass is 170 g/mol. The summed E-state index contributed by atoms with van der Waals surface area (Å²) in [5.74, 6) is 0. The fourth-order valence-electron chi connectivity index (χ4n) is 0.0840. The van der Waals surface area contributed by atoms with Crippen LogP contribution in [0.25, 0.3) is 0 Å². The van der Waals surface area contributed by atoms with Gasteiger partial charge >= 0.3 is 29.6 Å². The minimum absolute atomic E-state index is 0. The normalized spacial score (nSPS) is 16.6. The van der Waals surface area contributed by atoms with Crippen LogP contribution in [0.2, 0.25) is 0 Å². The second-order valence-electron chi connectivity index (χ2n) is 0.946. The van der Waals surface area contributed by atoms with Crippen LogP contribution in [0.4, 0.5) is 13.2 Å². The van der Waals surface area contributed by atoms with E-state index in [4.69, 9.17) is 0 Å². The van der Waals surface area contributed by atoms with E-state index in [1.807, 2.05) is 0 Å². The van der Waals surface area contributed by atoms with Crippen LogP contribution < -0.4 is 29.6 Å². The van der Waals surface area contributed by atoms with Gasteiger partial charge < -0.3 is 4.55 Å². The van der Waals surface area contributed by atoms with Crippen molar-refractivity contribution in [2.45, 2.75) is 11.9 Å². The van der Waals surface area contributed by atoms with Crippen LogP contribution in [0.1, 0.15) is 0 Å². The second kappa shape index (κ2) is 5.67. The Kier molecular flexibility index (Phi) is 7.91. The minimum Gasteiger partial charge on any atom is -0.770 e. The quantitative estimate of drug-likeness (QED) is 0.337. The van der Waals surface area contributed by atoms with Crippen LogP contribution in [-0.4, -0.2) is 20.7 Å². The van der Waals surface area contributed by atoms with E-state index >= 15 is 0 Å². The largest absolute Gasteiger partial charge is 1.00 e. The van der Waals surface area contributed by atoms with E-state index in [1.54, 1.807) is 0 Å². The zero-order valence-electron chi connectivity index (χ0n) is 4.51. The summed E-state index contributed by atoms with van der Waals surface area (Å²) in [6.07, 6.45) is -3.44. The number of alkyl halides is 3. The number of rotatable bonds is 2. The van der Waals surface area contributed by atoms with Crippen molar-refractivity contribution in [3.05, 3.63) is 0 Å². The third kappa shape index (κ3) is 5.35. The molecule has 0 aliphatic rings. The van der Waals surface area contributed by atoms with Crippen molar-refractivity contribution in [2.24, 2.45) is 0 Å². The van der Waals surface area contributed by atoms with Crippen molar-refractivity contribution in [1.29, 1.82) is 0 Å². The zero-order valence-corrected chi connectivity index (χ0v) is 7.33. The molecule has 0 fully saturated rings. The molecule has 0 aliphatic carbocycles. The summed E-state index contributed by atoms with van der Waals surface area (Å²) in [5, 5.41) is 0. The molecule has 2 atom stereocenters. The second-order valence-corrected chi connectivity index (χ2v) is 1.92. The first-order valence-corrected chi connectivity index (χ1v) is 2.70. The molecular formula is C2H2F3NaO2S. The summed E-state index contributed by atoms with van der Waals surface area (Å²) in [4.78, 5) is 0. The molecule has 0 aromatic rings. The maximum atomic E-state index is 11.3. The molecule has 0 aromatic heterocycles. The average molecular weight is 170 g/mol. The third-order valence-electron chi connectivity index (χ3n) is 0.382. The van der Waals surface area contributed by atoms with Gasteiger partial charge in [-0.15, -0.1) is 0 Å². The summed E-state index contributed by atoms with van der Waals surface area (Å²) in [7, 11) is 0. The SMILES string of the molecule is O=S([O-])C(F)C(F)F.[Na+]. The molecule has 0 aromatic carbocycles. The number of hydrogen-bond acceptors (Lipinski definition) is 2. The maximum Gasteiger partial charge on any atom is 1.00 e. The molecule has 7 heteroatoms. The zero-order chi connectivity index (χ0) is 6.73. The molecule has 0 rings (SSSR count). The molecule has 0 radical (unpaired) electrons. The van der Waals surface area contributed by atoms with Gasteiger partial charge in [-0.25, -0.2) is 13.2 Å². The fraction of sp³-hybridized carbons (Fsp3) is 1.00. The topological polar surface area (TPSA) is 40.1 Å². The summed E-state index contributed by atoms with van der Waals surface area (Å²) < 4.78 is 51.7. The first-order valence-electron chi connectivity index (χ1n) is 1.56. The van der Waals surface area contributed by atoms with Gasteiger partial charge in [0.2, 0.25) is 5.50 Å². The summed E-state index contributed by atoms with van der Waals surface area (Å²) in [6, 6.07) is 0. The Balaban J connectivity index is 0. The van der Waals surface area contributed by atoms with E-state index in [1.165, 1.54) is 0 Å². The average Bonchev–Trinajstić information content (AvgIpc) is 1.64. The Morgan fingerprint density at radius 1 is 1.33 bits per heavy atom. The van der Waals surface area contributed by atoms with Gasteiger partial charge in [0.05, 0.1) is 0 Å². The molecular weight excluding hydrogens is 168 g/mol. The van der Waals surface area contributed by atoms with Crippen molar-refractivity contribution in [2.75, 3.05) is 0 Å².